The lowest BCUT2D eigenvalue weighted by Crippen LogP contribution is -2.12. The lowest BCUT2D eigenvalue weighted by atomic mass is 10.00. The molecule has 0 saturated carbocycles. The molecule has 0 heterocycles. The highest BCUT2D eigenvalue weighted by Gasteiger charge is 2.18. The average molecular weight is 352 g/mol. The maximum atomic E-state index is 11.7. The standard InChI is InChI=1S/C22H24O4/c1-5-8-18-13-16(11-12-17-9-6-7-10-20(17)25-4)14-19(22(23)24)21(18)26-15(2)3/h6-7,9-10,13-15H,5,8H2,1-4H3,(H,23,24). The molecule has 0 aliphatic heterocycles. The Morgan fingerprint density at radius 2 is 1.92 bits per heavy atom. The smallest absolute Gasteiger partial charge is 0.339 e. The summed E-state index contributed by atoms with van der Waals surface area (Å²) < 4.78 is 11.1. The Morgan fingerprint density at radius 3 is 2.54 bits per heavy atom. The van der Waals surface area contributed by atoms with Crippen LogP contribution in [0.3, 0.4) is 0 Å². The van der Waals surface area contributed by atoms with Gasteiger partial charge in [0.2, 0.25) is 0 Å². The number of ether oxygens (including phenoxy) is 2. The molecule has 0 aliphatic rings. The van der Waals surface area contributed by atoms with E-state index in [0.29, 0.717) is 17.1 Å². The molecule has 2 rings (SSSR count). The summed E-state index contributed by atoms with van der Waals surface area (Å²) in [5.74, 6) is 6.24. The third-order valence-corrected chi connectivity index (χ3v) is 3.72. The summed E-state index contributed by atoms with van der Waals surface area (Å²) in [5, 5.41) is 9.61. The van der Waals surface area contributed by atoms with Gasteiger partial charge in [-0.25, -0.2) is 4.79 Å². The number of carboxylic acid groups (broad SMARTS) is 1. The number of benzene rings is 2. The molecular weight excluding hydrogens is 328 g/mol. The van der Waals surface area contributed by atoms with Crippen molar-refractivity contribution in [3.05, 3.63) is 58.7 Å². The molecule has 26 heavy (non-hydrogen) atoms. The molecule has 0 bridgehead atoms. The molecule has 4 heteroatoms. The Labute approximate surface area is 154 Å². The monoisotopic (exact) mass is 352 g/mol. The largest absolute Gasteiger partial charge is 0.495 e. The number of rotatable bonds is 6. The van der Waals surface area contributed by atoms with Gasteiger partial charge in [-0.2, -0.15) is 0 Å². The first-order valence-electron chi connectivity index (χ1n) is 8.68. The summed E-state index contributed by atoms with van der Waals surface area (Å²) in [6.07, 6.45) is 1.51. The van der Waals surface area contributed by atoms with Crippen LogP contribution >= 0.6 is 0 Å². The number of aryl methyl sites for hydroxylation is 1. The van der Waals surface area contributed by atoms with Crippen molar-refractivity contribution < 1.29 is 19.4 Å². The molecule has 0 amide bonds. The minimum atomic E-state index is -1.01. The molecule has 0 aromatic heterocycles. The first-order valence-corrected chi connectivity index (χ1v) is 8.68. The van der Waals surface area contributed by atoms with Gasteiger partial charge in [-0.15, -0.1) is 0 Å². The highest BCUT2D eigenvalue weighted by molar-refractivity contribution is 5.92. The SMILES string of the molecule is CCCc1cc(C#Cc2ccccc2OC)cc(C(=O)O)c1OC(C)C. The first-order chi connectivity index (χ1) is 12.5. The van der Waals surface area contributed by atoms with Crippen molar-refractivity contribution in [3.63, 3.8) is 0 Å². The van der Waals surface area contributed by atoms with Crippen LogP contribution in [0, 0.1) is 11.8 Å². The van der Waals surface area contributed by atoms with Gasteiger partial charge in [-0.1, -0.05) is 37.3 Å². The molecule has 2 aromatic carbocycles. The lowest BCUT2D eigenvalue weighted by molar-refractivity contribution is 0.0690. The zero-order chi connectivity index (χ0) is 19.1. The van der Waals surface area contributed by atoms with Crippen LogP contribution in [0.1, 0.15) is 54.2 Å². The van der Waals surface area contributed by atoms with Crippen molar-refractivity contribution >= 4 is 5.97 Å². The minimum Gasteiger partial charge on any atom is -0.495 e. The van der Waals surface area contributed by atoms with Gasteiger partial charge in [0.25, 0.3) is 0 Å². The number of hydrogen-bond donors (Lipinski definition) is 1. The van der Waals surface area contributed by atoms with E-state index in [0.717, 1.165) is 24.0 Å². The van der Waals surface area contributed by atoms with E-state index in [2.05, 4.69) is 11.8 Å². The summed E-state index contributed by atoms with van der Waals surface area (Å²) in [6, 6.07) is 11.0. The highest BCUT2D eigenvalue weighted by Crippen LogP contribution is 2.29. The molecular formula is C22H24O4. The number of aromatic carboxylic acids is 1. The van der Waals surface area contributed by atoms with Crippen molar-refractivity contribution in [1.29, 1.82) is 0 Å². The van der Waals surface area contributed by atoms with Crippen molar-refractivity contribution in [2.24, 2.45) is 0 Å². The summed E-state index contributed by atoms with van der Waals surface area (Å²) in [7, 11) is 1.60. The topological polar surface area (TPSA) is 55.8 Å². The Morgan fingerprint density at radius 1 is 1.19 bits per heavy atom. The second-order valence-electron chi connectivity index (χ2n) is 6.18. The third-order valence-electron chi connectivity index (χ3n) is 3.72. The van der Waals surface area contributed by atoms with Crippen molar-refractivity contribution in [2.45, 2.75) is 39.7 Å². The number of methoxy groups -OCH3 is 1. The summed E-state index contributed by atoms with van der Waals surface area (Å²) >= 11 is 0. The molecule has 0 fully saturated rings. The number of hydrogen-bond acceptors (Lipinski definition) is 3. The van der Waals surface area contributed by atoms with E-state index < -0.39 is 5.97 Å². The van der Waals surface area contributed by atoms with Crippen molar-refractivity contribution in [1.82, 2.24) is 0 Å². The second-order valence-corrected chi connectivity index (χ2v) is 6.18. The Kier molecular flexibility index (Phi) is 6.68. The molecule has 0 saturated heterocycles. The molecule has 1 N–H and O–H groups in total. The molecule has 0 atom stereocenters. The van der Waals surface area contributed by atoms with E-state index in [9.17, 15) is 9.90 Å². The Hall–Kier alpha value is -2.93. The summed E-state index contributed by atoms with van der Waals surface area (Å²) in [4.78, 5) is 11.7. The van der Waals surface area contributed by atoms with Crippen LogP contribution in [0.5, 0.6) is 11.5 Å². The zero-order valence-electron chi connectivity index (χ0n) is 15.6. The van der Waals surface area contributed by atoms with E-state index in [-0.39, 0.29) is 11.7 Å². The van der Waals surface area contributed by atoms with E-state index in [1.807, 2.05) is 51.1 Å². The molecule has 0 spiro atoms. The van der Waals surface area contributed by atoms with Gasteiger partial charge in [0.05, 0.1) is 18.8 Å². The van der Waals surface area contributed by atoms with E-state index in [1.54, 1.807) is 13.2 Å². The fourth-order valence-electron chi connectivity index (χ4n) is 2.64. The minimum absolute atomic E-state index is 0.103. The number of carboxylic acids is 1. The van der Waals surface area contributed by atoms with Crippen LogP contribution in [-0.2, 0) is 6.42 Å². The van der Waals surface area contributed by atoms with Crippen LogP contribution in [0.4, 0.5) is 0 Å². The van der Waals surface area contributed by atoms with Crippen molar-refractivity contribution in [2.75, 3.05) is 7.11 Å². The maximum absolute atomic E-state index is 11.7. The van der Waals surface area contributed by atoms with Crippen LogP contribution in [0.15, 0.2) is 36.4 Å². The molecule has 0 aliphatic carbocycles. The van der Waals surface area contributed by atoms with Crippen molar-refractivity contribution in [3.8, 4) is 23.3 Å². The predicted octanol–water partition coefficient (Wildman–Crippen LogP) is 4.53. The third kappa shape index (κ3) is 4.80. The summed E-state index contributed by atoms with van der Waals surface area (Å²) in [5.41, 5.74) is 2.42. The quantitative estimate of drug-likeness (QED) is 0.776. The second kappa shape index (κ2) is 8.96. The Balaban J connectivity index is 2.53. The normalized spacial score (nSPS) is 10.2. The van der Waals surface area contributed by atoms with Gasteiger partial charge in [0.1, 0.15) is 17.1 Å². The number of carbonyl (C=O) groups is 1. The van der Waals surface area contributed by atoms with E-state index >= 15 is 0 Å². The van der Waals surface area contributed by atoms with Crippen LogP contribution in [0.25, 0.3) is 0 Å². The van der Waals surface area contributed by atoms with E-state index in [4.69, 9.17) is 9.47 Å². The molecule has 0 unspecified atom stereocenters. The van der Waals surface area contributed by atoms with Gasteiger partial charge >= 0.3 is 5.97 Å². The summed E-state index contributed by atoms with van der Waals surface area (Å²) in [6.45, 7) is 5.82. The van der Waals surface area contributed by atoms with Gasteiger partial charge in [-0.05, 0) is 50.1 Å². The number of para-hydroxylation sites is 1. The highest BCUT2D eigenvalue weighted by atomic mass is 16.5. The average Bonchev–Trinajstić information content (AvgIpc) is 2.61. The zero-order valence-corrected chi connectivity index (χ0v) is 15.6. The lowest BCUT2D eigenvalue weighted by Gasteiger charge is -2.17. The van der Waals surface area contributed by atoms with Gasteiger partial charge < -0.3 is 14.6 Å². The van der Waals surface area contributed by atoms with Crippen LogP contribution in [0.2, 0.25) is 0 Å². The molecule has 0 radical (unpaired) electrons. The Bertz CT molecular complexity index is 841. The fraction of sp³-hybridized carbons (Fsp3) is 0.318. The van der Waals surface area contributed by atoms with Crippen LogP contribution < -0.4 is 9.47 Å². The van der Waals surface area contributed by atoms with Gasteiger partial charge in [0.15, 0.2) is 0 Å². The van der Waals surface area contributed by atoms with E-state index in [1.165, 1.54) is 0 Å². The van der Waals surface area contributed by atoms with Gasteiger partial charge in [-0.3, -0.25) is 0 Å². The first kappa shape index (κ1) is 19.4. The maximum Gasteiger partial charge on any atom is 0.339 e. The van der Waals surface area contributed by atoms with Crippen LogP contribution in [-0.4, -0.2) is 24.3 Å². The van der Waals surface area contributed by atoms with Gasteiger partial charge in [0, 0.05) is 5.56 Å². The molecule has 136 valence electrons. The predicted molar refractivity (Wildman–Crippen MR) is 102 cm³/mol. The molecule has 4 nitrogen and oxygen atoms in total. The molecule has 2 aromatic rings. The fourth-order valence-corrected chi connectivity index (χ4v) is 2.64.